The van der Waals surface area contributed by atoms with E-state index in [0.29, 0.717) is 16.5 Å². The monoisotopic (exact) mass is 312 g/mol. The molecule has 2 N–H and O–H groups in total. The number of hydrogen-bond acceptors (Lipinski definition) is 4. The van der Waals surface area contributed by atoms with E-state index in [2.05, 4.69) is 4.98 Å². The molecule has 0 fully saturated rings. The van der Waals surface area contributed by atoms with Gasteiger partial charge in [-0.1, -0.05) is 6.07 Å². The maximum Gasteiger partial charge on any atom is 0.196 e. The third-order valence-electron chi connectivity index (χ3n) is 3.86. The lowest BCUT2D eigenvalue weighted by atomic mass is 10.00. The van der Waals surface area contributed by atoms with Crippen molar-refractivity contribution in [3.63, 3.8) is 0 Å². The lowest BCUT2D eigenvalue weighted by Crippen LogP contribution is -2.12. The van der Waals surface area contributed by atoms with Crippen LogP contribution in [0.5, 0.6) is 0 Å². The van der Waals surface area contributed by atoms with Crippen molar-refractivity contribution in [2.75, 3.05) is 0 Å². The van der Waals surface area contributed by atoms with E-state index < -0.39 is 5.82 Å². The van der Waals surface area contributed by atoms with Crippen LogP contribution in [0, 0.1) is 19.7 Å². The van der Waals surface area contributed by atoms with Gasteiger partial charge in [0.15, 0.2) is 17.0 Å². The second-order valence-corrected chi connectivity index (χ2v) is 5.74. The Hall–Kier alpha value is -2.53. The van der Waals surface area contributed by atoms with Crippen molar-refractivity contribution < 1.29 is 8.81 Å². The molecule has 0 unspecified atom stereocenters. The molecule has 0 saturated carbocycles. The van der Waals surface area contributed by atoms with Crippen LogP contribution >= 0.6 is 0 Å². The molecule has 23 heavy (non-hydrogen) atoms. The lowest BCUT2D eigenvalue weighted by molar-refractivity contribution is 0.578. The highest BCUT2D eigenvalue weighted by atomic mass is 19.1. The molecule has 118 valence electrons. The summed E-state index contributed by atoms with van der Waals surface area (Å²) < 4.78 is 20.0. The minimum Gasteiger partial charge on any atom is -0.453 e. The smallest absolute Gasteiger partial charge is 0.196 e. The molecule has 2 heterocycles. The number of pyridine rings is 1. The highest BCUT2D eigenvalue weighted by molar-refractivity contribution is 5.84. The van der Waals surface area contributed by atoms with Crippen LogP contribution in [-0.2, 0) is 0 Å². The standard InChI is InChI=1S/C18H17FN2O2/c1-9-7-12(11(3)20)18-13(8-9)16(22)10(2)17(23-18)15-14(19)5-4-6-21-15/h4-8,11H,20H2,1-3H3/t11-/m1/s1. The first-order valence-electron chi connectivity index (χ1n) is 7.34. The van der Waals surface area contributed by atoms with Crippen molar-refractivity contribution in [2.24, 2.45) is 5.73 Å². The summed E-state index contributed by atoms with van der Waals surface area (Å²) in [4.78, 5) is 16.7. The topological polar surface area (TPSA) is 69.1 Å². The minimum atomic E-state index is -0.535. The molecule has 0 spiro atoms. The Bertz CT molecular complexity index is 961. The molecule has 3 rings (SSSR count). The van der Waals surface area contributed by atoms with E-state index in [0.717, 1.165) is 11.1 Å². The summed E-state index contributed by atoms with van der Waals surface area (Å²) in [6, 6.07) is 6.10. The van der Waals surface area contributed by atoms with Crippen molar-refractivity contribution >= 4 is 11.0 Å². The maximum absolute atomic E-state index is 14.1. The van der Waals surface area contributed by atoms with Gasteiger partial charge in [0.05, 0.1) is 5.39 Å². The first kappa shape index (κ1) is 15.4. The Morgan fingerprint density at radius 1 is 1.30 bits per heavy atom. The van der Waals surface area contributed by atoms with Gasteiger partial charge in [0.1, 0.15) is 11.3 Å². The van der Waals surface area contributed by atoms with E-state index >= 15 is 0 Å². The van der Waals surface area contributed by atoms with E-state index in [-0.39, 0.29) is 22.9 Å². The van der Waals surface area contributed by atoms with Crippen LogP contribution in [0.15, 0.2) is 39.7 Å². The second-order valence-electron chi connectivity index (χ2n) is 5.74. The molecule has 4 nitrogen and oxygen atoms in total. The number of fused-ring (bicyclic) bond motifs is 1. The Kier molecular flexibility index (Phi) is 3.74. The number of aromatic nitrogens is 1. The van der Waals surface area contributed by atoms with Crippen LogP contribution in [0.25, 0.3) is 22.4 Å². The molecule has 0 bridgehead atoms. The molecule has 1 atom stereocenters. The predicted molar refractivity (Wildman–Crippen MR) is 87.7 cm³/mol. The Morgan fingerprint density at radius 3 is 2.70 bits per heavy atom. The molecule has 5 heteroatoms. The van der Waals surface area contributed by atoms with Crippen molar-refractivity contribution in [3.8, 4) is 11.5 Å². The summed E-state index contributed by atoms with van der Waals surface area (Å²) >= 11 is 0. The van der Waals surface area contributed by atoms with Gasteiger partial charge < -0.3 is 10.2 Å². The number of aryl methyl sites for hydroxylation is 1. The third kappa shape index (κ3) is 2.53. The molecule has 0 amide bonds. The Morgan fingerprint density at radius 2 is 2.04 bits per heavy atom. The fraction of sp³-hybridized carbons (Fsp3) is 0.222. The number of benzene rings is 1. The molecule has 2 aromatic heterocycles. The van der Waals surface area contributed by atoms with Gasteiger partial charge in [0, 0.05) is 23.4 Å². The highest BCUT2D eigenvalue weighted by Crippen LogP contribution is 2.30. The van der Waals surface area contributed by atoms with Crippen molar-refractivity contribution in [2.45, 2.75) is 26.8 Å². The Balaban J connectivity index is 2.45. The summed E-state index contributed by atoms with van der Waals surface area (Å²) in [5.41, 5.74) is 8.20. The van der Waals surface area contributed by atoms with Crippen molar-refractivity contribution in [3.05, 3.63) is 63.2 Å². The zero-order valence-electron chi connectivity index (χ0n) is 13.2. The number of nitrogens with zero attached hydrogens (tertiary/aromatic N) is 1. The van der Waals surface area contributed by atoms with Gasteiger partial charge in [-0.15, -0.1) is 0 Å². The third-order valence-corrected chi connectivity index (χ3v) is 3.86. The van der Waals surface area contributed by atoms with Crippen LogP contribution < -0.4 is 11.2 Å². The Labute approximate surface area is 132 Å². The minimum absolute atomic E-state index is 0.0280. The normalized spacial score (nSPS) is 12.6. The summed E-state index contributed by atoms with van der Waals surface area (Å²) in [5, 5.41) is 0.454. The van der Waals surface area contributed by atoms with E-state index in [9.17, 15) is 9.18 Å². The summed E-state index contributed by atoms with van der Waals surface area (Å²) in [6.45, 7) is 5.32. The zero-order chi connectivity index (χ0) is 16.7. The first-order valence-corrected chi connectivity index (χ1v) is 7.34. The number of halogens is 1. The summed E-state index contributed by atoms with van der Waals surface area (Å²) in [5.74, 6) is -0.390. The quantitative estimate of drug-likeness (QED) is 0.784. The van der Waals surface area contributed by atoms with Crippen LogP contribution in [0.4, 0.5) is 4.39 Å². The SMILES string of the molecule is Cc1cc([C@@H](C)N)c2oc(-c3ncccc3F)c(C)c(=O)c2c1. The number of rotatable bonds is 2. The molecular formula is C18H17FN2O2. The predicted octanol–water partition coefficient (Wildman–Crippen LogP) is 3.63. The summed E-state index contributed by atoms with van der Waals surface area (Å²) in [7, 11) is 0. The number of hydrogen-bond donors (Lipinski definition) is 1. The summed E-state index contributed by atoms with van der Waals surface area (Å²) in [6.07, 6.45) is 1.46. The molecule has 1 aromatic carbocycles. The van der Waals surface area contributed by atoms with Crippen LogP contribution in [0.2, 0.25) is 0 Å². The molecule has 0 saturated heterocycles. The fourth-order valence-corrected chi connectivity index (χ4v) is 2.68. The van der Waals surface area contributed by atoms with E-state index in [1.165, 1.54) is 18.3 Å². The van der Waals surface area contributed by atoms with Gasteiger partial charge in [0.2, 0.25) is 0 Å². The van der Waals surface area contributed by atoms with Crippen LogP contribution in [0.3, 0.4) is 0 Å². The van der Waals surface area contributed by atoms with Gasteiger partial charge in [-0.25, -0.2) is 9.37 Å². The molecule has 0 aliphatic rings. The van der Waals surface area contributed by atoms with Gasteiger partial charge in [-0.3, -0.25) is 4.79 Å². The molecule has 0 radical (unpaired) electrons. The van der Waals surface area contributed by atoms with Gasteiger partial charge >= 0.3 is 0 Å². The van der Waals surface area contributed by atoms with Crippen molar-refractivity contribution in [1.29, 1.82) is 0 Å². The fourth-order valence-electron chi connectivity index (χ4n) is 2.68. The number of nitrogens with two attached hydrogens (primary N) is 1. The molecular weight excluding hydrogens is 295 g/mol. The van der Waals surface area contributed by atoms with Crippen LogP contribution in [-0.4, -0.2) is 4.98 Å². The first-order chi connectivity index (χ1) is 10.9. The molecule has 0 aliphatic carbocycles. The van der Waals surface area contributed by atoms with E-state index in [1.807, 2.05) is 19.9 Å². The van der Waals surface area contributed by atoms with Gasteiger partial charge in [0.25, 0.3) is 0 Å². The molecule has 3 aromatic rings. The van der Waals surface area contributed by atoms with Crippen LogP contribution in [0.1, 0.15) is 29.7 Å². The highest BCUT2D eigenvalue weighted by Gasteiger charge is 2.19. The lowest BCUT2D eigenvalue weighted by Gasteiger charge is -2.13. The average molecular weight is 312 g/mol. The van der Waals surface area contributed by atoms with Crippen molar-refractivity contribution in [1.82, 2.24) is 4.98 Å². The van der Waals surface area contributed by atoms with Gasteiger partial charge in [-0.05, 0) is 44.5 Å². The zero-order valence-corrected chi connectivity index (χ0v) is 13.2. The van der Waals surface area contributed by atoms with E-state index in [4.69, 9.17) is 10.2 Å². The maximum atomic E-state index is 14.1. The largest absolute Gasteiger partial charge is 0.453 e. The van der Waals surface area contributed by atoms with E-state index in [1.54, 1.807) is 13.0 Å². The second kappa shape index (κ2) is 5.59. The molecule has 0 aliphatic heterocycles. The van der Waals surface area contributed by atoms with Gasteiger partial charge in [-0.2, -0.15) is 0 Å². The average Bonchev–Trinajstić information content (AvgIpc) is 2.51.